The second-order valence-electron chi connectivity index (χ2n) is 5.38. The molecule has 0 bridgehead atoms. The van der Waals surface area contributed by atoms with Gasteiger partial charge in [-0.1, -0.05) is 25.4 Å². The van der Waals surface area contributed by atoms with E-state index in [0.29, 0.717) is 6.54 Å². The van der Waals surface area contributed by atoms with Crippen LogP contribution >= 0.6 is 11.6 Å². The molecule has 0 aliphatic carbocycles. The summed E-state index contributed by atoms with van der Waals surface area (Å²) in [5.74, 6) is -0.754. The van der Waals surface area contributed by atoms with Crippen LogP contribution < -0.4 is 5.73 Å². The molecule has 1 fully saturated rings. The Morgan fingerprint density at radius 3 is 2.70 bits per heavy atom. The molecule has 0 amide bonds. The maximum atomic E-state index is 14.1. The third kappa shape index (κ3) is 2.64. The Balaban J connectivity index is 2.51. The number of benzene rings is 1. The Morgan fingerprint density at radius 1 is 1.45 bits per heavy atom. The Kier molecular flexibility index (Phi) is 4.27. The van der Waals surface area contributed by atoms with Crippen LogP contribution in [0.3, 0.4) is 0 Å². The minimum absolute atomic E-state index is 0.111. The molecule has 1 heterocycles. The molecule has 0 aromatic heterocycles. The summed E-state index contributed by atoms with van der Waals surface area (Å²) in [6, 6.07) is 2.22. The summed E-state index contributed by atoms with van der Waals surface area (Å²) >= 11 is 5.80. The van der Waals surface area contributed by atoms with Crippen LogP contribution in [0.15, 0.2) is 17.0 Å². The maximum absolute atomic E-state index is 14.1. The van der Waals surface area contributed by atoms with Gasteiger partial charge in [0.15, 0.2) is 5.82 Å². The van der Waals surface area contributed by atoms with E-state index in [1.165, 1.54) is 10.4 Å². The van der Waals surface area contributed by atoms with E-state index in [0.717, 1.165) is 18.9 Å². The van der Waals surface area contributed by atoms with Gasteiger partial charge in [-0.25, -0.2) is 12.8 Å². The van der Waals surface area contributed by atoms with Gasteiger partial charge in [0.2, 0.25) is 10.0 Å². The van der Waals surface area contributed by atoms with Gasteiger partial charge in [-0.2, -0.15) is 4.31 Å². The molecule has 0 saturated carbocycles. The van der Waals surface area contributed by atoms with Gasteiger partial charge in [-0.15, -0.1) is 0 Å². The van der Waals surface area contributed by atoms with Gasteiger partial charge in [-0.05, 0) is 30.9 Å². The van der Waals surface area contributed by atoms with Gasteiger partial charge in [0.25, 0.3) is 0 Å². The fraction of sp³-hybridized carbons (Fsp3) is 0.538. The van der Waals surface area contributed by atoms with E-state index < -0.39 is 20.7 Å². The number of rotatable bonds is 3. The van der Waals surface area contributed by atoms with E-state index in [1.54, 1.807) is 0 Å². The van der Waals surface area contributed by atoms with Gasteiger partial charge in [0.05, 0.1) is 5.69 Å². The zero-order valence-corrected chi connectivity index (χ0v) is 13.0. The molecule has 1 aromatic rings. The minimum atomic E-state index is -3.91. The average Bonchev–Trinajstić information content (AvgIpc) is 2.83. The van der Waals surface area contributed by atoms with Gasteiger partial charge in [-0.3, -0.25) is 0 Å². The molecule has 1 aromatic carbocycles. The van der Waals surface area contributed by atoms with Crippen LogP contribution in [-0.4, -0.2) is 25.3 Å². The molecular weight excluding hydrogens is 303 g/mol. The minimum Gasteiger partial charge on any atom is -0.396 e. The van der Waals surface area contributed by atoms with Crippen LogP contribution in [0.1, 0.15) is 26.7 Å². The predicted molar refractivity (Wildman–Crippen MR) is 77.6 cm³/mol. The number of anilines is 1. The smallest absolute Gasteiger partial charge is 0.246 e. The zero-order valence-electron chi connectivity index (χ0n) is 11.4. The van der Waals surface area contributed by atoms with E-state index in [-0.39, 0.29) is 22.7 Å². The monoisotopic (exact) mass is 320 g/mol. The van der Waals surface area contributed by atoms with Gasteiger partial charge in [0, 0.05) is 17.6 Å². The number of hydrogen-bond acceptors (Lipinski definition) is 3. The van der Waals surface area contributed by atoms with Crippen molar-refractivity contribution in [2.45, 2.75) is 37.6 Å². The summed E-state index contributed by atoms with van der Waals surface area (Å²) in [7, 11) is -3.91. The number of nitrogens with zero attached hydrogens (tertiary/aromatic N) is 1. The van der Waals surface area contributed by atoms with Crippen molar-refractivity contribution in [1.82, 2.24) is 4.31 Å². The van der Waals surface area contributed by atoms with E-state index in [4.69, 9.17) is 17.3 Å². The molecule has 0 spiro atoms. The van der Waals surface area contributed by atoms with E-state index in [1.807, 2.05) is 13.8 Å². The zero-order chi connectivity index (χ0) is 15.1. The molecule has 1 atom stereocenters. The van der Waals surface area contributed by atoms with Crippen molar-refractivity contribution in [1.29, 1.82) is 0 Å². The number of nitrogens with two attached hydrogens (primary N) is 1. The largest absolute Gasteiger partial charge is 0.396 e. The third-order valence-electron chi connectivity index (χ3n) is 3.64. The highest BCUT2D eigenvalue weighted by Gasteiger charge is 2.38. The van der Waals surface area contributed by atoms with Crippen LogP contribution in [0.2, 0.25) is 5.02 Å². The molecule has 1 unspecified atom stereocenters. The number of sulfonamides is 1. The van der Waals surface area contributed by atoms with E-state index in [9.17, 15) is 12.8 Å². The molecule has 7 heteroatoms. The summed E-state index contributed by atoms with van der Waals surface area (Å²) < 4.78 is 40.7. The third-order valence-corrected chi connectivity index (χ3v) is 5.78. The lowest BCUT2D eigenvalue weighted by Gasteiger charge is -2.27. The van der Waals surface area contributed by atoms with Crippen LogP contribution in [0.4, 0.5) is 10.1 Å². The van der Waals surface area contributed by atoms with Gasteiger partial charge >= 0.3 is 0 Å². The molecule has 2 rings (SSSR count). The number of halogens is 2. The average molecular weight is 321 g/mol. The fourth-order valence-corrected chi connectivity index (χ4v) is 4.87. The normalized spacial score (nSPS) is 20.8. The van der Waals surface area contributed by atoms with Crippen molar-refractivity contribution in [3.05, 3.63) is 23.0 Å². The van der Waals surface area contributed by atoms with E-state index in [2.05, 4.69) is 0 Å². The van der Waals surface area contributed by atoms with Crippen molar-refractivity contribution >= 4 is 27.3 Å². The Bertz CT molecular complexity index is 619. The maximum Gasteiger partial charge on any atom is 0.246 e. The molecule has 4 nitrogen and oxygen atoms in total. The lowest BCUT2D eigenvalue weighted by atomic mass is 10.0. The van der Waals surface area contributed by atoms with Crippen LogP contribution in [0, 0.1) is 11.7 Å². The van der Waals surface area contributed by atoms with Crippen LogP contribution in [-0.2, 0) is 10.0 Å². The first-order valence-electron chi connectivity index (χ1n) is 6.51. The highest BCUT2D eigenvalue weighted by molar-refractivity contribution is 7.89. The second kappa shape index (κ2) is 5.50. The van der Waals surface area contributed by atoms with Gasteiger partial charge < -0.3 is 5.73 Å². The van der Waals surface area contributed by atoms with Crippen molar-refractivity contribution in [2.24, 2.45) is 5.92 Å². The molecule has 2 N–H and O–H groups in total. The Morgan fingerprint density at radius 2 is 2.10 bits per heavy atom. The number of nitrogen functional groups attached to an aromatic ring is 1. The van der Waals surface area contributed by atoms with Crippen molar-refractivity contribution < 1.29 is 12.8 Å². The summed E-state index contributed by atoms with van der Waals surface area (Å²) in [5.41, 5.74) is 5.22. The summed E-state index contributed by atoms with van der Waals surface area (Å²) in [6.07, 6.45) is 1.56. The molecule has 0 radical (unpaired) electrons. The quantitative estimate of drug-likeness (QED) is 0.871. The SMILES string of the molecule is CC(C)C1CCCN1S(=O)(=O)c1cc(Cl)cc(N)c1F. The summed E-state index contributed by atoms with van der Waals surface area (Å²) in [4.78, 5) is -0.435. The molecule has 20 heavy (non-hydrogen) atoms. The van der Waals surface area contributed by atoms with Gasteiger partial charge in [0.1, 0.15) is 4.90 Å². The lowest BCUT2D eigenvalue weighted by Crippen LogP contribution is -2.38. The highest BCUT2D eigenvalue weighted by Crippen LogP contribution is 2.33. The summed E-state index contributed by atoms with van der Waals surface area (Å²) in [6.45, 7) is 4.32. The fourth-order valence-electron chi connectivity index (χ4n) is 2.63. The van der Waals surface area contributed by atoms with Crippen LogP contribution in [0.5, 0.6) is 0 Å². The first kappa shape index (κ1) is 15.5. The van der Waals surface area contributed by atoms with Crippen molar-refractivity contribution in [3.8, 4) is 0 Å². The topological polar surface area (TPSA) is 63.4 Å². The standard InChI is InChI=1S/C13H18ClFN2O2S/c1-8(2)11-4-3-5-17(11)20(18,19)12-7-9(14)6-10(16)13(12)15/h6-8,11H,3-5,16H2,1-2H3. The molecule has 1 aliphatic heterocycles. The summed E-state index contributed by atoms with van der Waals surface area (Å²) in [5, 5.41) is 0.114. The lowest BCUT2D eigenvalue weighted by molar-refractivity contribution is 0.314. The molecule has 1 saturated heterocycles. The predicted octanol–water partition coefficient (Wildman–Crippen LogP) is 2.87. The number of hydrogen-bond donors (Lipinski definition) is 1. The van der Waals surface area contributed by atoms with Crippen LogP contribution in [0.25, 0.3) is 0 Å². The first-order chi connectivity index (χ1) is 9.25. The second-order valence-corrected chi connectivity index (χ2v) is 7.67. The van der Waals surface area contributed by atoms with E-state index >= 15 is 0 Å². The Hall–Kier alpha value is -0.850. The highest BCUT2D eigenvalue weighted by atomic mass is 35.5. The Labute approximate surface area is 123 Å². The molecular formula is C13H18ClFN2O2S. The molecule has 112 valence electrons. The van der Waals surface area contributed by atoms with Crippen molar-refractivity contribution in [2.75, 3.05) is 12.3 Å². The molecule has 1 aliphatic rings. The van der Waals surface area contributed by atoms with Crippen molar-refractivity contribution in [3.63, 3.8) is 0 Å². The first-order valence-corrected chi connectivity index (χ1v) is 8.33.